The van der Waals surface area contributed by atoms with Crippen molar-refractivity contribution in [2.75, 3.05) is 18.8 Å². The second-order valence-corrected chi connectivity index (χ2v) is 3.94. The predicted molar refractivity (Wildman–Crippen MR) is 58.0 cm³/mol. The minimum atomic E-state index is 0.999. The monoisotopic (exact) mass is 199 g/mol. The summed E-state index contributed by atoms with van der Waals surface area (Å²) in [6.07, 6.45) is 2.97. The van der Waals surface area contributed by atoms with Crippen molar-refractivity contribution in [3.63, 3.8) is 0 Å². The average molecular weight is 199 g/mol. The van der Waals surface area contributed by atoms with Crippen molar-refractivity contribution in [2.24, 2.45) is 0 Å². The van der Waals surface area contributed by atoms with E-state index >= 15 is 0 Å². The quantitative estimate of drug-likeness (QED) is 0.683. The van der Waals surface area contributed by atoms with Crippen LogP contribution in [0, 0.1) is 0 Å². The molecule has 0 bridgehead atoms. The third-order valence-electron chi connectivity index (χ3n) is 1.72. The molecule has 0 aliphatic rings. The molecule has 0 amide bonds. The Morgan fingerprint density at radius 2 is 2.46 bits per heavy atom. The fraction of sp³-hybridized carbons (Fsp3) is 0.600. The SMILES string of the molecule is CCNCCCSCc1ccco1. The van der Waals surface area contributed by atoms with Crippen LogP contribution in [0.1, 0.15) is 19.1 Å². The lowest BCUT2D eigenvalue weighted by Crippen LogP contribution is -2.14. The Labute approximate surface area is 84.1 Å². The zero-order chi connectivity index (χ0) is 9.36. The van der Waals surface area contributed by atoms with Gasteiger partial charge in [0.1, 0.15) is 5.76 Å². The molecule has 0 aliphatic heterocycles. The van der Waals surface area contributed by atoms with Crippen molar-refractivity contribution in [1.82, 2.24) is 5.32 Å². The fourth-order valence-electron chi connectivity index (χ4n) is 1.04. The largest absolute Gasteiger partial charge is 0.468 e. The third kappa shape index (κ3) is 5.01. The molecule has 1 rings (SSSR count). The number of hydrogen-bond donors (Lipinski definition) is 1. The van der Waals surface area contributed by atoms with Gasteiger partial charge in [-0.05, 0) is 37.4 Å². The van der Waals surface area contributed by atoms with E-state index in [1.165, 1.54) is 12.2 Å². The highest BCUT2D eigenvalue weighted by Crippen LogP contribution is 2.12. The maximum Gasteiger partial charge on any atom is 0.113 e. The number of thioether (sulfide) groups is 1. The van der Waals surface area contributed by atoms with E-state index in [0.29, 0.717) is 0 Å². The lowest BCUT2D eigenvalue weighted by atomic mass is 10.5. The lowest BCUT2D eigenvalue weighted by Gasteiger charge is -2.00. The summed E-state index contributed by atoms with van der Waals surface area (Å²) in [7, 11) is 0. The minimum absolute atomic E-state index is 0.999. The van der Waals surface area contributed by atoms with Gasteiger partial charge in [-0.2, -0.15) is 11.8 Å². The molecule has 74 valence electrons. The average Bonchev–Trinajstić information content (AvgIpc) is 2.63. The Hall–Kier alpha value is -0.410. The van der Waals surface area contributed by atoms with E-state index in [1.807, 2.05) is 23.9 Å². The zero-order valence-corrected chi connectivity index (χ0v) is 8.90. The first-order chi connectivity index (χ1) is 6.43. The Bertz CT molecular complexity index is 199. The number of furan rings is 1. The molecule has 0 radical (unpaired) electrons. The fourth-order valence-corrected chi connectivity index (χ4v) is 1.90. The summed E-state index contributed by atoms with van der Waals surface area (Å²) >= 11 is 1.93. The molecule has 0 saturated heterocycles. The first-order valence-electron chi connectivity index (χ1n) is 4.74. The van der Waals surface area contributed by atoms with Crippen molar-refractivity contribution >= 4 is 11.8 Å². The molecule has 0 aliphatic carbocycles. The molecular formula is C10H17NOS. The van der Waals surface area contributed by atoms with Crippen LogP contribution in [0.4, 0.5) is 0 Å². The predicted octanol–water partition coefficient (Wildman–Crippen LogP) is 2.51. The summed E-state index contributed by atoms with van der Waals surface area (Å²) in [6, 6.07) is 3.96. The van der Waals surface area contributed by atoms with Gasteiger partial charge in [-0.25, -0.2) is 0 Å². The maximum atomic E-state index is 5.22. The van der Waals surface area contributed by atoms with Crippen LogP contribution in [0.25, 0.3) is 0 Å². The molecule has 0 unspecified atom stereocenters. The van der Waals surface area contributed by atoms with E-state index in [2.05, 4.69) is 12.2 Å². The van der Waals surface area contributed by atoms with E-state index in [9.17, 15) is 0 Å². The minimum Gasteiger partial charge on any atom is -0.468 e. The summed E-state index contributed by atoms with van der Waals surface area (Å²) < 4.78 is 5.22. The molecule has 1 N–H and O–H groups in total. The van der Waals surface area contributed by atoms with Gasteiger partial charge in [0.25, 0.3) is 0 Å². The molecule has 0 fully saturated rings. The molecule has 1 aromatic heterocycles. The standard InChI is InChI=1S/C10H17NOS/c1-2-11-6-4-8-13-9-10-5-3-7-12-10/h3,5,7,11H,2,4,6,8-9H2,1H3. The third-order valence-corrected chi connectivity index (χ3v) is 2.78. The Kier molecular flexibility index (Phi) is 5.78. The summed E-state index contributed by atoms with van der Waals surface area (Å²) in [5, 5.41) is 3.31. The van der Waals surface area contributed by atoms with E-state index in [1.54, 1.807) is 6.26 Å². The van der Waals surface area contributed by atoms with Gasteiger partial charge in [0.15, 0.2) is 0 Å². The molecule has 1 heterocycles. The molecule has 13 heavy (non-hydrogen) atoms. The highest BCUT2D eigenvalue weighted by Gasteiger charge is 1.94. The molecule has 3 heteroatoms. The topological polar surface area (TPSA) is 25.2 Å². The first kappa shape index (κ1) is 10.7. The highest BCUT2D eigenvalue weighted by molar-refractivity contribution is 7.98. The van der Waals surface area contributed by atoms with Crippen LogP contribution in [0.3, 0.4) is 0 Å². The number of rotatable bonds is 7. The van der Waals surface area contributed by atoms with E-state index in [4.69, 9.17) is 4.42 Å². The molecule has 0 aromatic carbocycles. The normalized spacial score (nSPS) is 10.5. The van der Waals surface area contributed by atoms with Gasteiger partial charge < -0.3 is 9.73 Å². The van der Waals surface area contributed by atoms with Gasteiger partial charge in [-0.1, -0.05) is 6.92 Å². The van der Waals surface area contributed by atoms with E-state index < -0.39 is 0 Å². The van der Waals surface area contributed by atoms with Gasteiger partial charge in [0.05, 0.1) is 12.0 Å². The van der Waals surface area contributed by atoms with Gasteiger partial charge in [-0.15, -0.1) is 0 Å². The summed E-state index contributed by atoms with van der Waals surface area (Å²) in [5.41, 5.74) is 0. The number of hydrogen-bond acceptors (Lipinski definition) is 3. The molecule has 0 atom stereocenters. The number of nitrogens with one attached hydrogen (secondary N) is 1. The summed E-state index contributed by atoms with van der Waals surface area (Å²) in [5.74, 6) is 3.28. The van der Waals surface area contributed by atoms with Crippen molar-refractivity contribution < 1.29 is 4.42 Å². The van der Waals surface area contributed by atoms with Crippen LogP contribution in [-0.4, -0.2) is 18.8 Å². The molecule has 2 nitrogen and oxygen atoms in total. The molecule has 0 spiro atoms. The highest BCUT2D eigenvalue weighted by atomic mass is 32.2. The zero-order valence-electron chi connectivity index (χ0n) is 8.08. The van der Waals surface area contributed by atoms with Crippen molar-refractivity contribution in [1.29, 1.82) is 0 Å². The Balaban J connectivity index is 1.90. The van der Waals surface area contributed by atoms with Crippen LogP contribution < -0.4 is 5.32 Å². The lowest BCUT2D eigenvalue weighted by molar-refractivity contribution is 0.530. The van der Waals surface area contributed by atoms with E-state index in [0.717, 1.165) is 24.6 Å². The Morgan fingerprint density at radius 1 is 1.54 bits per heavy atom. The van der Waals surface area contributed by atoms with Crippen molar-refractivity contribution in [2.45, 2.75) is 19.1 Å². The van der Waals surface area contributed by atoms with Crippen LogP contribution in [0.5, 0.6) is 0 Å². The molecule has 1 aromatic rings. The van der Waals surface area contributed by atoms with Crippen LogP contribution in [-0.2, 0) is 5.75 Å². The van der Waals surface area contributed by atoms with Crippen molar-refractivity contribution in [3.05, 3.63) is 24.2 Å². The molecular weight excluding hydrogens is 182 g/mol. The van der Waals surface area contributed by atoms with Gasteiger partial charge >= 0.3 is 0 Å². The van der Waals surface area contributed by atoms with Gasteiger partial charge in [-0.3, -0.25) is 0 Å². The second kappa shape index (κ2) is 7.04. The second-order valence-electron chi connectivity index (χ2n) is 2.84. The van der Waals surface area contributed by atoms with Crippen LogP contribution in [0.15, 0.2) is 22.8 Å². The summed E-state index contributed by atoms with van der Waals surface area (Å²) in [6.45, 7) is 4.33. The molecule has 0 saturated carbocycles. The first-order valence-corrected chi connectivity index (χ1v) is 5.89. The Morgan fingerprint density at radius 3 is 3.15 bits per heavy atom. The van der Waals surface area contributed by atoms with Crippen molar-refractivity contribution in [3.8, 4) is 0 Å². The van der Waals surface area contributed by atoms with E-state index in [-0.39, 0.29) is 0 Å². The summed E-state index contributed by atoms with van der Waals surface area (Å²) in [4.78, 5) is 0. The van der Waals surface area contributed by atoms with Gasteiger partial charge in [0.2, 0.25) is 0 Å². The maximum absolute atomic E-state index is 5.22. The smallest absolute Gasteiger partial charge is 0.113 e. The van der Waals surface area contributed by atoms with Gasteiger partial charge in [0, 0.05) is 0 Å². The van der Waals surface area contributed by atoms with Crippen LogP contribution >= 0.6 is 11.8 Å². The van der Waals surface area contributed by atoms with Crippen LogP contribution in [0.2, 0.25) is 0 Å².